The first-order chi connectivity index (χ1) is 18.7. The average molecular weight is 533 g/mol. The third-order valence-electron chi connectivity index (χ3n) is 6.74. The number of fused-ring (bicyclic) bond motifs is 1. The average Bonchev–Trinajstić information content (AvgIpc) is 3.27. The summed E-state index contributed by atoms with van der Waals surface area (Å²) in [4.78, 5) is 36.8. The second-order valence-corrected chi connectivity index (χ2v) is 10.3. The minimum absolute atomic E-state index is 0.0645. The summed E-state index contributed by atoms with van der Waals surface area (Å²) in [5, 5.41) is 18.9. The van der Waals surface area contributed by atoms with Crippen LogP contribution < -0.4 is 16.0 Å². The summed E-state index contributed by atoms with van der Waals surface area (Å²) >= 11 is 0. The number of nitrogens with one attached hydrogen (secondary N) is 3. The van der Waals surface area contributed by atoms with E-state index in [2.05, 4.69) is 50.7 Å². The molecule has 2 atom stereocenters. The van der Waals surface area contributed by atoms with E-state index in [1.807, 2.05) is 24.5 Å². The van der Waals surface area contributed by atoms with E-state index in [4.69, 9.17) is 4.74 Å². The Morgan fingerprint density at radius 3 is 2.69 bits per heavy atom. The van der Waals surface area contributed by atoms with Gasteiger partial charge in [-0.15, -0.1) is 0 Å². The normalized spacial score (nSPS) is 17.8. The van der Waals surface area contributed by atoms with Gasteiger partial charge in [0.05, 0.1) is 28.9 Å². The van der Waals surface area contributed by atoms with E-state index >= 15 is 0 Å². The number of pyridine rings is 2. The summed E-state index contributed by atoms with van der Waals surface area (Å²) in [6.07, 6.45) is 3.94. The Morgan fingerprint density at radius 1 is 1.31 bits per heavy atom. The van der Waals surface area contributed by atoms with Crippen molar-refractivity contribution in [2.45, 2.75) is 52.4 Å². The molecule has 39 heavy (non-hydrogen) atoms. The first-order valence-corrected chi connectivity index (χ1v) is 13.2. The Balaban J connectivity index is 1.66. The number of piperazine rings is 1. The molecule has 1 aliphatic heterocycles. The van der Waals surface area contributed by atoms with Crippen LogP contribution in [0.3, 0.4) is 0 Å². The van der Waals surface area contributed by atoms with E-state index in [0.717, 1.165) is 30.5 Å². The Kier molecular flexibility index (Phi) is 8.91. The second kappa shape index (κ2) is 12.3. The molecule has 1 aliphatic rings. The van der Waals surface area contributed by atoms with Crippen molar-refractivity contribution in [1.82, 2.24) is 24.8 Å². The molecule has 0 aromatic carbocycles. The topological polar surface area (TPSA) is 137 Å². The van der Waals surface area contributed by atoms with Crippen LogP contribution in [0.15, 0.2) is 24.5 Å². The number of hydrogen-bond donors (Lipinski definition) is 3. The molecule has 0 unspecified atom stereocenters. The fourth-order valence-electron chi connectivity index (χ4n) is 5.08. The molecule has 0 bridgehead atoms. The third-order valence-corrected chi connectivity index (χ3v) is 6.74. The van der Waals surface area contributed by atoms with Crippen LogP contribution in [0.5, 0.6) is 0 Å². The SMILES string of the molecule is COCCNc1cc(NC(=O)c2cn(C(C)C)c3cc(CN4C[C@@H](C)N[C@@H](C)C4)c(C=O)nc23)ncc1C#N. The number of ether oxygens (including phenoxy) is 1. The van der Waals surface area contributed by atoms with E-state index in [0.29, 0.717) is 65.6 Å². The molecule has 206 valence electrons. The third kappa shape index (κ3) is 6.42. The molecule has 0 aliphatic carbocycles. The van der Waals surface area contributed by atoms with E-state index in [1.54, 1.807) is 19.4 Å². The van der Waals surface area contributed by atoms with Crippen molar-refractivity contribution in [3.05, 3.63) is 46.9 Å². The van der Waals surface area contributed by atoms with Gasteiger partial charge >= 0.3 is 0 Å². The predicted octanol–water partition coefficient (Wildman–Crippen LogP) is 3.19. The van der Waals surface area contributed by atoms with Crippen molar-refractivity contribution >= 4 is 34.7 Å². The van der Waals surface area contributed by atoms with Crippen molar-refractivity contribution in [3.8, 4) is 6.07 Å². The van der Waals surface area contributed by atoms with Crippen LogP contribution in [-0.4, -0.2) is 77.1 Å². The maximum atomic E-state index is 13.5. The number of hydrogen-bond acceptors (Lipinski definition) is 9. The summed E-state index contributed by atoms with van der Waals surface area (Å²) in [7, 11) is 1.60. The van der Waals surface area contributed by atoms with Gasteiger partial charge < -0.3 is 25.3 Å². The summed E-state index contributed by atoms with van der Waals surface area (Å²) in [6, 6.07) is 6.47. The van der Waals surface area contributed by atoms with Gasteiger partial charge in [0.2, 0.25) is 0 Å². The van der Waals surface area contributed by atoms with Gasteiger partial charge in [0.1, 0.15) is 23.1 Å². The molecule has 3 aromatic heterocycles. The molecule has 0 radical (unpaired) electrons. The maximum Gasteiger partial charge on any atom is 0.260 e. The summed E-state index contributed by atoms with van der Waals surface area (Å²) in [6.45, 7) is 11.7. The number of nitrogens with zero attached hydrogens (tertiary/aromatic N) is 5. The highest BCUT2D eigenvalue weighted by atomic mass is 16.5. The Hall–Kier alpha value is -3.85. The Labute approximate surface area is 228 Å². The quantitative estimate of drug-likeness (QED) is 0.265. The summed E-state index contributed by atoms with van der Waals surface area (Å²) in [5.74, 6) is -0.111. The lowest BCUT2D eigenvalue weighted by Crippen LogP contribution is -2.53. The van der Waals surface area contributed by atoms with Crippen molar-refractivity contribution in [1.29, 1.82) is 5.26 Å². The lowest BCUT2D eigenvalue weighted by molar-refractivity contribution is 0.102. The molecule has 1 amide bonds. The van der Waals surface area contributed by atoms with Gasteiger partial charge in [0.15, 0.2) is 6.29 Å². The molecule has 4 rings (SSSR count). The van der Waals surface area contributed by atoms with E-state index in [1.165, 1.54) is 6.20 Å². The van der Waals surface area contributed by atoms with E-state index < -0.39 is 5.91 Å². The number of aromatic nitrogens is 3. The molecular weight excluding hydrogens is 496 g/mol. The zero-order valence-corrected chi connectivity index (χ0v) is 23.1. The van der Waals surface area contributed by atoms with Gasteiger partial charge in [0, 0.05) is 69.9 Å². The molecule has 1 saturated heterocycles. The number of aldehydes is 1. The zero-order valence-electron chi connectivity index (χ0n) is 23.1. The number of anilines is 2. The molecule has 0 spiro atoms. The molecule has 11 heteroatoms. The second-order valence-electron chi connectivity index (χ2n) is 10.3. The minimum Gasteiger partial charge on any atom is -0.383 e. The fraction of sp³-hybridized carbons (Fsp3) is 0.464. The monoisotopic (exact) mass is 532 g/mol. The number of rotatable bonds is 10. The van der Waals surface area contributed by atoms with Crippen LogP contribution in [0, 0.1) is 11.3 Å². The van der Waals surface area contributed by atoms with E-state index in [-0.39, 0.29) is 6.04 Å². The highest BCUT2D eigenvalue weighted by molar-refractivity contribution is 6.12. The fourth-order valence-corrected chi connectivity index (χ4v) is 5.08. The Morgan fingerprint density at radius 2 is 2.05 bits per heavy atom. The smallest absolute Gasteiger partial charge is 0.260 e. The predicted molar refractivity (Wildman–Crippen MR) is 150 cm³/mol. The number of carbonyl (C=O) groups is 2. The Bertz CT molecular complexity index is 1380. The van der Waals surface area contributed by atoms with E-state index in [9.17, 15) is 14.9 Å². The lowest BCUT2D eigenvalue weighted by atomic mass is 10.1. The number of carbonyl (C=O) groups excluding carboxylic acids is 2. The van der Waals surface area contributed by atoms with Crippen molar-refractivity contribution in [2.75, 3.05) is 44.0 Å². The molecule has 4 heterocycles. The highest BCUT2D eigenvalue weighted by Crippen LogP contribution is 2.27. The van der Waals surface area contributed by atoms with Gasteiger partial charge in [-0.05, 0) is 39.3 Å². The number of methoxy groups -OCH3 is 1. The molecule has 11 nitrogen and oxygen atoms in total. The zero-order chi connectivity index (χ0) is 28.1. The highest BCUT2D eigenvalue weighted by Gasteiger charge is 2.24. The summed E-state index contributed by atoms with van der Waals surface area (Å²) in [5.41, 5.74) is 3.68. The number of nitriles is 1. The van der Waals surface area contributed by atoms with Crippen molar-refractivity contribution in [3.63, 3.8) is 0 Å². The van der Waals surface area contributed by atoms with Crippen LogP contribution >= 0.6 is 0 Å². The maximum absolute atomic E-state index is 13.5. The standard InChI is InChI=1S/C28H36N8O3/c1-17(2)36-15-22(28(38)34-26-9-23(30-6-7-39-5)21(10-29)11-31-26)27-25(36)8-20(24(16-37)33-27)14-35-12-18(3)32-19(4)13-35/h8-9,11,15-19,32H,6-7,12-14H2,1-5H3,(H2,30,31,34,38)/t18-,19+. The first-order valence-electron chi connectivity index (χ1n) is 13.2. The van der Waals surface area contributed by atoms with Gasteiger partial charge in [0.25, 0.3) is 5.91 Å². The number of amides is 1. The molecule has 1 fully saturated rings. The molecule has 3 aromatic rings. The minimum atomic E-state index is -0.402. The van der Waals surface area contributed by atoms with Crippen molar-refractivity contribution in [2.24, 2.45) is 0 Å². The van der Waals surface area contributed by atoms with Crippen LogP contribution in [0.1, 0.15) is 65.7 Å². The largest absolute Gasteiger partial charge is 0.383 e. The molecule has 0 saturated carbocycles. The molecule has 3 N–H and O–H groups in total. The van der Waals surface area contributed by atoms with Crippen LogP contribution in [0.2, 0.25) is 0 Å². The van der Waals surface area contributed by atoms with Gasteiger partial charge in [-0.1, -0.05) is 0 Å². The van der Waals surface area contributed by atoms with Gasteiger partial charge in [-0.25, -0.2) is 9.97 Å². The van der Waals surface area contributed by atoms with Crippen LogP contribution in [0.4, 0.5) is 11.5 Å². The van der Waals surface area contributed by atoms with Gasteiger partial charge in [-0.3, -0.25) is 14.5 Å². The molecular formula is C28H36N8O3. The van der Waals surface area contributed by atoms with Crippen LogP contribution in [0.25, 0.3) is 11.0 Å². The van der Waals surface area contributed by atoms with Gasteiger partial charge in [-0.2, -0.15) is 5.26 Å². The first kappa shape index (κ1) is 28.2. The lowest BCUT2D eigenvalue weighted by Gasteiger charge is -2.36. The summed E-state index contributed by atoms with van der Waals surface area (Å²) < 4.78 is 7.06. The van der Waals surface area contributed by atoms with Crippen molar-refractivity contribution < 1.29 is 14.3 Å². The van der Waals surface area contributed by atoms with Crippen LogP contribution in [-0.2, 0) is 11.3 Å².